The number of hydrogen-bond donors (Lipinski definition) is 0. The van der Waals surface area contributed by atoms with Crippen LogP contribution in [0.3, 0.4) is 0 Å². The Morgan fingerprint density at radius 3 is 2.50 bits per heavy atom. The number of anilines is 1. The SMILES string of the molecule is O=C(c1ccc(N2CC3CC(C2)[C@H]2CCCC(=O)N2C3)nc1)N1CCC(N2CCCCC2)CC1. The first kappa shape index (κ1) is 22.3. The molecule has 3 atom stereocenters. The van der Waals surface area contributed by atoms with Crippen LogP contribution >= 0.6 is 0 Å². The molecule has 0 aromatic carbocycles. The monoisotopic (exact) mass is 465 g/mol. The second kappa shape index (κ2) is 9.48. The van der Waals surface area contributed by atoms with Crippen molar-refractivity contribution in [3.05, 3.63) is 23.9 Å². The minimum absolute atomic E-state index is 0.128. The molecule has 7 nitrogen and oxygen atoms in total. The molecule has 0 radical (unpaired) electrons. The number of piperidine rings is 5. The summed E-state index contributed by atoms with van der Waals surface area (Å²) in [4.78, 5) is 39.5. The number of aromatic nitrogens is 1. The van der Waals surface area contributed by atoms with Crippen LogP contribution in [0.25, 0.3) is 0 Å². The molecule has 5 saturated heterocycles. The zero-order valence-electron chi connectivity index (χ0n) is 20.4. The molecule has 184 valence electrons. The van der Waals surface area contributed by atoms with Gasteiger partial charge in [0.05, 0.1) is 5.56 Å². The van der Waals surface area contributed by atoms with Gasteiger partial charge in [0.25, 0.3) is 5.91 Å². The Bertz CT molecular complexity index is 891. The highest BCUT2D eigenvalue weighted by Crippen LogP contribution is 2.39. The third-order valence-electron chi connectivity index (χ3n) is 9.16. The fourth-order valence-corrected chi connectivity index (χ4v) is 7.40. The van der Waals surface area contributed by atoms with Crippen molar-refractivity contribution in [2.45, 2.75) is 69.9 Å². The summed E-state index contributed by atoms with van der Waals surface area (Å²) in [5.41, 5.74) is 0.710. The van der Waals surface area contributed by atoms with Crippen LogP contribution in [-0.2, 0) is 4.79 Å². The van der Waals surface area contributed by atoms with Crippen LogP contribution < -0.4 is 4.90 Å². The normalized spacial score (nSPS) is 30.9. The zero-order valence-corrected chi connectivity index (χ0v) is 20.4. The number of rotatable bonds is 3. The molecule has 2 unspecified atom stereocenters. The minimum atomic E-state index is 0.128. The van der Waals surface area contributed by atoms with E-state index in [0.29, 0.717) is 35.4 Å². The van der Waals surface area contributed by atoms with E-state index in [-0.39, 0.29) is 5.91 Å². The molecule has 5 fully saturated rings. The Morgan fingerprint density at radius 2 is 1.74 bits per heavy atom. The van der Waals surface area contributed by atoms with Gasteiger partial charge in [-0.1, -0.05) is 6.42 Å². The predicted octanol–water partition coefficient (Wildman–Crippen LogP) is 3.01. The average molecular weight is 466 g/mol. The average Bonchev–Trinajstić information content (AvgIpc) is 2.89. The summed E-state index contributed by atoms with van der Waals surface area (Å²) in [6.45, 7) is 7.00. The first-order valence-electron chi connectivity index (χ1n) is 13.7. The van der Waals surface area contributed by atoms with E-state index in [4.69, 9.17) is 4.98 Å². The van der Waals surface area contributed by atoms with Gasteiger partial charge in [-0.2, -0.15) is 0 Å². The lowest BCUT2D eigenvalue weighted by Crippen LogP contribution is -2.60. The summed E-state index contributed by atoms with van der Waals surface area (Å²) in [7, 11) is 0. The van der Waals surface area contributed by atoms with Crippen LogP contribution in [0.5, 0.6) is 0 Å². The highest BCUT2D eigenvalue weighted by atomic mass is 16.2. The number of amides is 2. The van der Waals surface area contributed by atoms with E-state index in [9.17, 15) is 9.59 Å². The van der Waals surface area contributed by atoms with Crippen LogP contribution in [0.4, 0.5) is 5.82 Å². The van der Waals surface area contributed by atoms with E-state index in [1.54, 1.807) is 6.20 Å². The molecule has 6 heterocycles. The van der Waals surface area contributed by atoms with Crippen LogP contribution in [0.1, 0.15) is 68.1 Å². The second-order valence-corrected chi connectivity index (χ2v) is 11.3. The van der Waals surface area contributed by atoms with Crippen molar-refractivity contribution >= 4 is 17.6 Å². The Kier molecular flexibility index (Phi) is 6.22. The molecule has 7 heteroatoms. The molecule has 1 aromatic rings. The van der Waals surface area contributed by atoms with Crippen molar-refractivity contribution in [3.63, 3.8) is 0 Å². The summed E-state index contributed by atoms with van der Waals surface area (Å²) < 4.78 is 0. The molecule has 0 saturated carbocycles. The summed E-state index contributed by atoms with van der Waals surface area (Å²) >= 11 is 0. The van der Waals surface area contributed by atoms with E-state index >= 15 is 0 Å². The van der Waals surface area contributed by atoms with Crippen molar-refractivity contribution in [2.75, 3.05) is 50.7 Å². The maximum atomic E-state index is 13.1. The summed E-state index contributed by atoms with van der Waals surface area (Å²) in [5.74, 6) is 2.54. The maximum absolute atomic E-state index is 13.1. The Morgan fingerprint density at radius 1 is 0.912 bits per heavy atom. The second-order valence-electron chi connectivity index (χ2n) is 11.3. The van der Waals surface area contributed by atoms with E-state index in [1.165, 1.54) is 38.8 Å². The van der Waals surface area contributed by atoms with E-state index < -0.39 is 0 Å². The molecule has 2 amide bonds. The number of pyridine rings is 1. The van der Waals surface area contributed by atoms with Gasteiger partial charge < -0.3 is 19.6 Å². The first-order valence-corrected chi connectivity index (χ1v) is 13.7. The van der Waals surface area contributed by atoms with Crippen molar-refractivity contribution in [1.82, 2.24) is 19.7 Å². The van der Waals surface area contributed by atoms with Gasteiger partial charge in [-0.15, -0.1) is 0 Å². The summed E-state index contributed by atoms with van der Waals surface area (Å²) in [6, 6.07) is 5.08. The van der Waals surface area contributed by atoms with Gasteiger partial charge in [0.2, 0.25) is 5.91 Å². The van der Waals surface area contributed by atoms with Gasteiger partial charge in [0, 0.05) is 57.4 Å². The lowest BCUT2D eigenvalue weighted by Gasteiger charge is -2.52. The fraction of sp³-hybridized carbons (Fsp3) is 0.741. The molecule has 6 rings (SSSR count). The largest absolute Gasteiger partial charge is 0.356 e. The van der Waals surface area contributed by atoms with E-state index in [1.807, 2.05) is 17.0 Å². The lowest BCUT2D eigenvalue weighted by molar-refractivity contribution is -0.142. The quantitative estimate of drug-likeness (QED) is 0.687. The summed E-state index contributed by atoms with van der Waals surface area (Å²) in [5, 5.41) is 0. The van der Waals surface area contributed by atoms with E-state index in [2.05, 4.69) is 14.7 Å². The van der Waals surface area contributed by atoms with Gasteiger partial charge in [0.1, 0.15) is 5.82 Å². The topological polar surface area (TPSA) is 60.0 Å². The molecular formula is C27H39N5O2. The highest BCUT2D eigenvalue weighted by Gasteiger charge is 2.44. The van der Waals surface area contributed by atoms with Crippen LogP contribution in [0.15, 0.2) is 18.3 Å². The van der Waals surface area contributed by atoms with Crippen molar-refractivity contribution in [1.29, 1.82) is 0 Å². The first-order chi connectivity index (χ1) is 16.7. The zero-order chi connectivity index (χ0) is 23.1. The summed E-state index contributed by atoms with van der Waals surface area (Å²) in [6.07, 6.45) is 12.1. The van der Waals surface area contributed by atoms with Crippen molar-refractivity contribution in [3.8, 4) is 0 Å². The number of carbonyl (C=O) groups is 2. The number of nitrogens with zero attached hydrogens (tertiary/aromatic N) is 5. The molecule has 0 aliphatic carbocycles. The Balaban J connectivity index is 1.06. The maximum Gasteiger partial charge on any atom is 0.255 e. The van der Waals surface area contributed by atoms with Gasteiger partial charge in [-0.3, -0.25) is 9.59 Å². The number of likely N-dealkylation sites (tertiary alicyclic amines) is 2. The van der Waals surface area contributed by atoms with Crippen molar-refractivity contribution in [2.24, 2.45) is 11.8 Å². The molecule has 0 spiro atoms. The van der Waals surface area contributed by atoms with Gasteiger partial charge in [0.15, 0.2) is 0 Å². The standard InChI is InChI=1S/C27H39N5O2/c33-26-6-4-5-24-22-15-20(18-32(24)26)17-31(19-22)25-8-7-21(16-28-25)27(34)30-13-9-23(10-14-30)29-11-2-1-3-12-29/h7-8,16,20,22-24H,1-6,9-15,17-19H2/t20?,22?,24-/m1/s1. The Labute approximate surface area is 203 Å². The Hall–Kier alpha value is -2.15. The third kappa shape index (κ3) is 4.32. The molecule has 34 heavy (non-hydrogen) atoms. The third-order valence-corrected chi connectivity index (χ3v) is 9.16. The molecule has 5 aliphatic rings. The number of hydrogen-bond acceptors (Lipinski definition) is 5. The predicted molar refractivity (Wildman–Crippen MR) is 132 cm³/mol. The minimum Gasteiger partial charge on any atom is -0.356 e. The van der Waals surface area contributed by atoms with Gasteiger partial charge in [-0.05, 0) is 82.0 Å². The van der Waals surface area contributed by atoms with Crippen LogP contribution in [-0.4, -0.2) is 89.4 Å². The lowest BCUT2D eigenvalue weighted by atomic mass is 9.76. The fourth-order valence-electron chi connectivity index (χ4n) is 7.40. The molecule has 2 bridgehead atoms. The van der Waals surface area contributed by atoms with E-state index in [0.717, 1.165) is 70.6 Å². The molecular weight excluding hydrogens is 426 g/mol. The number of fused-ring (bicyclic) bond motifs is 4. The highest BCUT2D eigenvalue weighted by molar-refractivity contribution is 5.94. The molecule has 0 N–H and O–H groups in total. The number of carbonyl (C=O) groups excluding carboxylic acids is 2. The molecule has 5 aliphatic heterocycles. The van der Waals surface area contributed by atoms with Gasteiger partial charge in [-0.25, -0.2) is 4.98 Å². The van der Waals surface area contributed by atoms with Crippen LogP contribution in [0, 0.1) is 11.8 Å². The smallest absolute Gasteiger partial charge is 0.255 e. The molecule has 1 aromatic heterocycles. The van der Waals surface area contributed by atoms with Gasteiger partial charge >= 0.3 is 0 Å². The van der Waals surface area contributed by atoms with Crippen molar-refractivity contribution < 1.29 is 9.59 Å². The van der Waals surface area contributed by atoms with Crippen LogP contribution in [0.2, 0.25) is 0 Å².